The van der Waals surface area contributed by atoms with E-state index in [1.165, 1.54) is 25.1 Å². The molecule has 0 fully saturated rings. The van der Waals surface area contributed by atoms with E-state index < -0.39 is 0 Å². The maximum Gasteiger partial charge on any atom is 0.262 e. The van der Waals surface area contributed by atoms with Crippen LogP contribution in [0.2, 0.25) is 0 Å². The fraction of sp³-hybridized carbons (Fsp3) is 0.435. The highest BCUT2D eigenvalue weighted by molar-refractivity contribution is 5.82. The van der Waals surface area contributed by atoms with Crippen molar-refractivity contribution in [3.05, 3.63) is 64.2 Å². The lowest BCUT2D eigenvalue weighted by Gasteiger charge is -2.08. The monoisotopic (exact) mass is 404 g/mol. The Balaban J connectivity index is 0. The molecule has 29 heavy (non-hydrogen) atoms. The molecule has 0 amide bonds. The molecular weight excluding hydrogens is 368 g/mol. The summed E-state index contributed by atoms with van der Waals surface area (Å²) >= 11 is 0. The molecule has 0 saturated heterocycles. The third-order valence-electron chi connectivity index (χ3n) is 3.28. The average Bonchev–Trinajstić information content (AvgIpc) is 2.78. The van der Waals surface area contributed by atoms with Gasteiger partial charge in [0.1, 0.15) is 11.8 Å². The number of carbonyl (C=O) groups is 1. The minimum absolute atomic E-state index is 0.241. The Bertz CT molecular complexity index is 725. The molecule has 1 aromatic carbocycles. The van der Waals surface area contributed by atoms with E-state index >= 15 is 0 Å². The maximum atomic E-state index is 11.7. The van der Waals surface area contributed by atoms with Crippen molar-refractivity contribution >= 4 is 11.9 Å². The lowest BCUT2D eigenvalue weighted by molar-refractivity contribution is -0.104. The number of H-pyrrole nitrogens is 1. The van der Waals surface area contributed by atoms with Gasteiger partial charge >= 0.3 is 0 Å². The Morgan fingerprint density at radius 3 is 2.21 bits per heavy atom. The SMILES string of the molecule is CC.CC.CCC/C(=C/C=O)c1c(OC)nc[nH]c1=O.COCc1ccccc1. The van der Waals surface area contributed by atoms with E-state index in [9.17, 15) is 9.59 Å². The Morgan fingerprint density at radius 1 is 1.10 bits per heavy atom. The van der Waals surface area contributed by atoms with Crippen molar-refractivity contribution in [1.29, 1.82) is 0 Å². The van der Waals surface area contributed by atoms with Crippen LogP contribution in [-0.2, 0) is 16.1 Å². The zero-order chi connectivity index (χ0) is 22.5. The molecule has 2 rings (SSSR count). The first-order valence-electron chi connectivity index (χ1n) is 9.97. The highest BCUT2D eigenvalue weighted by Gasteiger charge is 2.13. The van der Waals surface area contributed by atoms with E-state index in [1.807, 2.05) is 65.0 Å². The minimum Gasteiger partial charge on any atom is -0.480 e. The summed E-state index contributed by atoms with van der Waals surface area (Å²) in [7, 11) is 3.14. The Kier molecular flexibility index (Phi) is 19.7. The summed E-state index contributed by atoms with van der Waals surface area (Å²) in [5, 5.41) is 0. The fourth-order valence-corrected chi connectivity index (χ4v) is 2.21. The number of aldehydes is 1. The molecular formula is C23H36N2O4. The summed E-state index contributed by atoms with van der Waals surface area (Å²) in [6, 6.07) is 10.1. The molecule has 6 nitrogen and oxygen atoms in total. The molecule has 2 aromatic rings. The van der Waals surface area contributed by atoms with Crippen LogP contribution >= 0.6 is 0 Å². The average molecular weight is 405 g/mol. The van der Waals surface area contributed by atoms with Crippen molar-refractivity contribution < 1.29 is 14.3 Å². The normalized spacial score (nSPS) is 9.55. The third-order valence-corrected chi connectivity index (χ3v) is 3.28. The number of nitrogens with one attached hydrogen (secondary N) is 1. The predicted molar refractivity (Wildman–Crippen MR) is 120 cm³/mol. The molecule has 0 radical (unpaired) electrons. The highest BCUT2D eigenvalue weighted by Crippen LogP contribution is 2.22. The van der Waals surface area contributed by atoms with Crippen LogP contribution in [0.3, 0.4) is 0 Å². The van der Waals surface area contributed by atoms with Gasteiger partial charge in [0.2, 0.25) is 5.88 Å². The zero-order valence-electron chi connectivity index (χ0n) is 18.8. The van der Waals surface area contributed by atoms with Gasteiger partial charge in [-0.25, -0.2) is 4.98 Å². The van der Waals surface area contributed by atoms with Crippen molar-refractivity contribution in [3.8, 4) is 5.88 Å². The van der Waals surface area contributed by atoms with Gasteiger partial charge in [0.15, 0.2) is 0 Å². The van der Waals surface area contributed by atoms with E-state index in [0.717, 1.165) is 6.42 Å². The molecule has 0 unspecified atom stereocenters. The van der Waals surface area contributed by atoms with Gasteiger partial charge in [-0.2, -0.15) is 0 Å². The van der Waals surface area contributed by atoms with Crippen molar-refractivity contribution in [2.24, 2.45) is 0 Å². The maximum absolute atomic E-state index is 11.7. The summed E-state index contributed by atoms with van der Waals surface area (Å²) in [5.74, 6) is 0.241. The van der Waals surface area contributed by atoms with Gasteiger partial charge in [0.05, 0.1) is 20.0 Å². The van der Waals surface area contributed by atoms with Crippen molar-refractivity contribution in [2.45, 2.75) is 54.1 Å². The number of carbonyl (C=O) groups excluding carboxylic acids is 1. The number of methoxy groups -OCH3 is 2. The first-order valence-corrected chi connectivity index (χ1v) is 9.97. The van der Waals surface area contributed by atoms with Crippen molar-refractivity contribution in [3.63, 3.8) is 0 Å². The van der Waals surface area contributed by atoms with Crippen LogP contribution in [0, 0.1) is 0 Å². The molecule has 1 aromatic heterocycles. The van der Waals surface area contributed by atoms with Gasteiger partial charge in [0, 0.05) is 7.11 Å². The number of aromatic nitrogens is 2. The van der Waals surface area contributed by atoms with Gasteiger partial charge in [-0.1, -0.05) is 71.4 Å². The number of nitrogens with zero attached hydrogens (tertiary/aromatic N) is 1. The van der Waals surface area contributed by atoms with Gasteiger partial charge in [-0.15, -0.1) is 0 Å². The van der Waals surface area contributed by atoms with Crippen LogP contribution in [0.5, 0.6) is 5.88 Å². The van der Waals surface area contributed by atoms with Crippen LogP contribution in [0.1, 0.15) is 58.6 Å². The van der Waals surface area contributed by atoms with E-state index in [-0.39, 0.29) is 11.4 Å². The largest absolute Gasteiger partial charge is 0.480 e. The summed E-state index contributed by atoms with van der Waals surface area (Å²) in [6.07, 6.45) is 4.77. The second kappa shape index (κ2) is 20.0. The second-order valence-electron chi connectivity index (χ2n) is 5.11. The quantitative estimate of drug-likeness (QED) is 0.516. The first-order chi connectivity index (χ1) is 14.2. The Morgan fingerprint density at radius 2 is 1.72 bits per heavy atom. The molecule has 0 aliphatic carbocycles. The molecule has 6 heteroatoms. The minimum atomic E-state index is -0.298. The molecule has 1 N–H and O–H groups in total. The van der Waals surface area contributed by atoms with Crippen LogP contribution in [-0.4, -0.2) is 30.5 Å². The number of aromatic amines is 1. The molecule has 0 aliphatic heterocycles. The van der Waals surface area contributed by atoms with Gasteiger partial charge < -0.3 is 14.5 Å². The molecule has 0 aliphatic rings. The topological polar surface area (TPSA) is 81.3 Å². The van der Waals surface area contributed by atoms with Gasteiger partial charge in [-0.05, 0) is 23.6 Å². The lowest BCUT2D eigenvalue weighted by atomic mass is 10.0. The number of hydrogen-bond donors (Lipinski definition) is 1. The van der Waals surface area contributed by atoms with Crippen LogP contribution in [0.4, 0.5) is 0 Å². The van der Waals surface area contributed by atoms with E-state index in [1.54, 1.807) is 7.11 Å². The fourth-order valence-electron chi connectivity index (χ4n) is 2.21. The molecule has 0 atom stereocenters. The molecule has 0 spiro atoms. The number of hydrogen-bond acceptors (Lipinski definition) is 5. The molecule has 0 bridgehead atoms. The van der Waals surface area contributed by atoms with E-state index in [4.69, 9.17) is 9.47 Å². The third kappa shape index (κ3) is 11.7. The van der Waals surface area contributed by atoms with Crippen LogP contribution in [0.25, 0.3) is 5.57 Å². The second-order valence-corrected chi connectivity index (χ2v) is 5.11. The van der Waals surface area contributed by atoms with Crippen LogP contribution < -0.4 is 10.3 Å². The summed E-state index contributed by atoms with van der Waals surface area (Å²) in [6.45, 7) is 10.7. The van der Waals surface area contributed by atoms with Gasteiger partial charge in [0.25, 0.3) is 5.56 Å². The van der Waals surface area contributed by atoms with E-state index in [2.05, 4.69) is 9.97 Å². The van der Waals surface area contributed by atoms with E-state index in [0.29, 0.717) is 30.5 Å². The van der Waals surface area contributed by atoms with Crippen LogP contribution in [0.15, 0.2) is 47.5 Å². The molecule has 162 valence electrons. The molecule has 0 saturated carbocycles. The highest BCUT2D eigenvalue weighted by atomic mass is 16.5. The Labute approximate surface area is 175 Å². The zero-order valence-corrected chi connectivity index (χ0v) is 18.8. The van der Waals surface area contributed by atoms with Crippen molar-refractivity contribution in [2.75, 3.05) is 14.2 Å². The first kappa shape index (κ1) is 28.5. The number of ether oxygens (including phenoxy) is 2. The number of allylic oxidation sites excluding steroid dienone is 2. The van der Waals surface area contributed by atoms with Gasteiger partial charge in [-0.3, -0.25) is 9.59 Å². The Hall–Kier alpha value is -2.73. The summed E-state index contributed by atoms with van der Waals surface area (Å²) in [5.41, 5.74) is 1.90. The smallest absolute Gasteiger partial charge is 0.262 e. The summed E-state index contributed by atoms with van der Waals surface area (Å²) < 4.78 is 9.94. The number of rotatable bonds is 7. The van der Waals surface area contributed by atoms with Crippen molar-refractivity contribution in [1.82, 2.24) is 9.97 Å². The lowest BCUT2D eigenvalue weighted by Crippen LogP contribution is -2.14. The molecule has 1 heterocycles. The summed E-state index contributed by atoms with van der Waals surface area (Å²) in [4.78, 5) is 28.6. The standard InChI is InChI=1S/C11H14N2O3.C8H10O.2C2H6/c1-3-4-8(5-6-14)9-10(15)12-7-13-11(9)16-2;1-9-7-8-5-3-2-4-6-8;2*1-2/h5-7H,3-4H2,1-2H3,(H,12,13,15);2-6H,7H2,1H3;2*1-2H3/b8-5-;;;. The number of benzene rings is 1. The predicted octanol–water partition coefficient (Wildman–Crippen LogP) is 5.05.